The maximum Gasteiger partial charge on any atom is 0.494 e. The first kappa shape index (κ1) is 48.5. The molecular formula is C66H48BBr3N2O4. The van der Waals surface area contributed by atoms with Crippen molar-refractivity contribution in [3.05, 3.63) is 232 Å². The van der Waals surface area contributed by atoms with Gasteiger partial charge in [-0.15, -0.1) is 0 Å². The number of benzene rings is 10. The molecule has 76 heavy (non-hydrogen) atoms. The lowest BCUT2D eigenvalue weighted by Gasteiger charge is -2.32. The Kier molecular flexibility index (Phi) is 12.2. The van der Waals surface area contributed by atoms with Gasteiger partial charge in [0.2, 0.25) is 0 Å². The van der Waals surface area contributed by atoms with Crippen LogP contribution in [0.3, 0.4) is 0 Å². The number of hydrogen-bond acceptors (Lipinski definition) is 4. The number of fused-ring (bicyclic) bond motifs is 12. The van der Waals surface area contributed by atoms with E-state index < -0.39 is 0 Å². The van der Waals surface area contributed by atoms with Crippen LogP contribution in [-0.4, -0.2) is 27.5 Å². The standard InChI is InChI=1S/C30H18BrNO.C24H24BNO2.C12H6Br2O/c31-21-12-16-30-26(18-21)25-17-20(11-15-29(25)33-30)19-9-13-22(14-10-19)32-27-7-3-1-5-23(27)24-6-2-4-8-28(24)32;1-23(2)24(3,4)28-25(27-23)17-13-15-18(16-14-17)26-21-11-7-5-9-19(21)20-10-6-8-12-22(20)26;13-7-1-3-11-9(5-7)10-6-8(14)2-4-12(10)15-11/h1-18H;5-16H,1-4H3;1-6H. The van der Waals surface area contributed by atoms with Gasteiger partial charge in [0.1, 0.15) is 22.3 Å². The highest BCUT2D eigenvalue weighted by Crippen LogP contribution is 2.39. The summed E-state index contributed by atoms with van der Waals surface area (Å²) in [6.07, 6.45) is 0. The summed E-state index contributed by atoms with van der Waals surface area (Å²) in [5.74, 6) is 0. The first-order valence-corrected chi connectivity index (χ1v) is 27.7. The highest BCUT2D eigenvalue weighted by atomic mass is 79.9. The molecule has 1 fully saturated rings. The molecule has 0 saturated carbocycles. The molecule has 0 amide bonds. The molecule has 0 N–H and O–H groups in total. The van der Waals surface area contributed by atoms with Gasteiger partial charge in [-0.1, -0.05) is 151 Å². The smallest absolute Gasteiger partial charge is 0.456 e. The van der Waals surface area contributed by atoms with Crippen LogP contribution in [0.2, 0.25) is 0 Å². The Morgan fingerprint density at radius 1 is 0.329 bits per heavy atom. The van der Waals surface area contributed by atoms with Crippen molar-refractivity contribution >= 4 is 148 Å². The molecule has 0 atom stereocenters. The van der Waals surface area contributed by atoms with Gasteiger partial charge in [0.15, 0.2) is 0 Å². The van der Waals surface area contributed by atoms with Crippen LogP contribution in [0.25, 0.3) is 110 Å². The number of hydrogen-bond donors (Lipinski definition) is 0. The minimum Gasteiger partial charge on any atom is -0.456 e. The molecule has 370 valence electrons. The predicted octanol–water partition coefficient (Wildman–Crippen LogP) is 19.3. The van der Waals surface area contributed by atoms with Gasteiger partial charge in [-0.25, -0.2) is 0 Å². The molecule has 0 unspecified atom stereocenters. The first-order chi connectivity index (χ1) is 36.9. The molecule has 4 aromatic heterocycles. The van der Waals surface area contributed by atoms with Crippen molar-refractivity contribution in [2.45, 2.75) is 38.9 Å². The van der Waals surface area contributed by atoms with Crippen LogP contribution in [-0.2, 0) is 9.31 Å². The van der Waals surface area contributed by atoms with Gasteiger partial charge in [0, 0.05) is 67.9 Å². The molecule has 1 aliphatic heterocycles. The molecule has 0 spiro atoms. The van der Waals surface area contributed by atoms with Gasteiger partial charge in [-0.05, 0) is 160 Å². The zero-order valence-electron chi connectivity index (χ0n) is 42.0. The maximum absolute atomic E-state index is 6.19. The molecule has 10 heteroatoms. The van der Waals surface area contributed by atoms with E-state index in [-0.39, 0.29) is 18.3 Å². The summed E-state index contributed by atoms with van der Waals surface area (Å²) >= 11 is 10.5. The summed E-state index contributed by atoms with van der Waals surface area (Å²) in [4.78, 5) is 0. The Morgan fingerprint density at radius 2 is 0.645 bits per heavy atom. The fourth-order valence-electron chi connectivity index (χ4n) is 10.6. The molecule has 1 saturated heterocycles. The fraction of sp³-hybridized carbons (Fsp3) is 0.0909. The molecule has 0 aliphatic carbocycles. The van der Waals surface area contributed by atoms with Gasteiger partial charge in [-0.2, -0.15) is 0 Å². The second-order valence-electron chi connectivity index (χ2n) is 20.3. The number of furan rings is 2. The average molecular weight is 1180 g/mol. The largest absolute Gasteiger partial charge is 0.494 e. The lowest BCUT2D eigenvalue weighted by molar-refractivity contribution is 0.00578. The van der Waals surface area contributed by atoms with Crippen LogP contribution in [0.15, 0.2) is 241 Å². The average Bonchev–Trinajstić information content (AvgIpc) is 4.27. The molecule has 10 aromatic carbocycles. The van der Waals surface area contributed by atoms with Crippen molar-refractivity contribution in [1.82, 2.24) is 9.13 Å². The van der Waals surface area contributed by atoms with Crippen molar-refractivity contribution < 1.29 is 18.1 Å². The molecule has 14 aromatic rings. The predicted molar refractivity (Wildman–Crippen MR) is 327 cm³/mol. The Balaban J connectivity index is 0.000000116. The molecule has 0 radical (unpaired) electrons. The van der Waals surface area contributed by atoms with Crippen LogP contribution in [0.5, 0.6) is 0 Å². The van der Waals surface area contributed by atoms with Gasteiger partial charge < -0.3 is 27.3 Å². The van der Waals surface area contributed by atoms with Gasteiger partial charge in [0.05, 0.1) is 33.3 Å². The summed E-state index contributed by atoms with van der Waals surface area (Å²) in [5.41, 5.74) is 13.6. The van der Waals surface area contributed by atoms with Crippen molar-refractivity contribution in [2.24, 2.45) is 0 Å². The van der Waals surface area contributed by atoms with Gasteiger partial charge in [-0.3, -0.25) is 0 Å². The van der Waals surface area contributed by atoms with E-state index in [1.807, 2.05) is 36.4 Å². The van der Waals surface area contributed by atoms with E-state index in [0.29, 0.717) is 0 Å². The van der Waals surface area contributed by atoms with Crippen LogP contribution in [0.1, 0.15) is 27.7 Å². The van der Waals surface area contributed by atoms with E-state index in [2.05, 4.69) is 267 Å². The maximum atomic E-state index is 6.19. The molecule has 0 bridgehead atoms. The fourth-order valence-corrected chi connectivity index (χ4v) is 11.7. The first-order valence-electron chi connectivity index (χ1n) is 25.3. The topological polar surface area (TPSA) is 54.6 Å². The van der Waals surface area contributed by atoms with E-state index in [1.165, 1.54) is 54.7 Å². The number of nitrogens with zero attached hydrogens (tertiary/aromatic N) is 2. The summed E-state index contributed by atoms with van der Waals surface area (Å²) in [6, 6.07) is 76.4. The normalized spacial score (nSPS) is 14.1. The highest BCUT2D eigenvalue weighted by molar-refractivity contribution is 9.11. The second kappa shape index (κ2) is 19.1. The van der Waals surface area contributed by atoms with Crippen LogP contribution >= 0.6 is 47.8 Å². The summed E-state index contributed by atoms with van der Waals surface area (Å²) < 4.78 is 32.0. The number of halogens is 3. The summed E-state index contributed by atoms with van der Waals surface area (Å²) in [5, 5.41) is 9.64. The van der Waals surface area contributed by atoms with Crippen molar-refractivity contribution in [1.29, 1.82) is 0 Å². The Morgan fingerprint density at radius 3 is 1.03 bits per heavy atom. The van der Waals surface area contributed by atoms with Crippen LogP contribution in [0, 0.1) is 0 Å². The van der Waals surface area contributed by atoms with Crippen molar-refractivity contribution in [3.8, 4) is 22.5 Å². The number of aromatic nitrogens is 2. The van der Waals surface area contributed by atoms with E-state index in [0.717, 1.165) is 74.1 Å². The minimum atomic E-state index is -0.336. The van der Waals surface area contributed by atoms with Gasteiger partial charge >= 0.3 is 7.12 Å². The lowest BCUT2D eigenvalue weighted by Crippen LogP contribution is -2.41. The van der Waals surface area contributed by atoms with E-state index in [1.54, 1.807) is 0 Å². The zero-order valence-corrected chi connectivity index (χ0v) is 46.8. The molecule has 5 heterocycles. The zero-order chi connectivity index (χ0) is 51.9. The van der Waals surface area contributed by atoms with E-state index in [9.17, 15) is 0 Å². The number of rotatable bonds is 4. The lowest BCUT2D eigenvalue weighted by atomic mass is 9.79. The Bertz CT molecular complexity index is 4350. The van der Waals surface area contributed by atoms with Crippen molar-refractivity contribution in [2.75, 3.05) is 0 Å². The van der Waals surface area contributed by atoms with Crippen LogP contribution < -0.4 is 5.46 Å². The SMILES string of the molecule is Brc1ccc2oc3ccc(-c4ccc(-n5c6ccccc6c6ccccc65)cc4)cc3c2c1.Brc1ccc2oc3ccc(Br)cc3c2c1.CC1(C)OB(c2ccc(-n3c4ccccc4c4ccccc43)cc2)OC1(C)C. The summed E-state index contributed by atoms with van der Waals surface area (Å²) in [7, 11) is -0.336. The van der Waals surface area contributed by atoms with Crippen molar-refractivity contribution in [3.63, 3.8) is 0 Å². The number of para-hydroxylation sites is 4. The second-order valence-corrected chi connectivity index (χ2v) is 23.0. The molecule has 15 rings (SSSR count). The Labute approximate surface area is 465 Å². The summed E-state index contributed by atoms with van der Waals surface area (Å²) in [6.45, 7) is 8.33. The highest BCUT2D eigenvalue weighted by Gasteiger charge is 2.51. The Hall–Kier alpha value is -7.18. The third kappa shape index (κ3) is 8.57. The quantitative estimate of drug-likeness (QED) is 0.165. The monoisotopic (exact) mass is 1180 g/mol. The molecule has 6 nitrogen and oxygen atoms in total. The molecule has 1 aliphatic rings. The van der Waals surface area contributed by atoms with E-state index in [4.69, 9.17) is 18.1 Å². The van der Waals surface area contributed by atoms with Gasteiger partial charge in [0.25, 0.3) is 0 Å². The van der Waals surface area contributed by atoms with Crippen LogP contribution in [0.4, 0.5) is 0 Å². The molecular weight excluding hydrogens is 1140 g/mol. The minimum absolute atomic E-state index is 0.330. The third-order valence-electron chi connectivity index (χ3n) is 15.1. The van der Waals surface area contributed by atoms with E-state index >= 15 is 0 Å². The third-order valence-corrected chi connectivity index (χ3v) is 16.6.